The maximum Gasteiger partial charge on any atom is 0.261 e. The molecule has 0 spiro atoms. The second-order valence-corrected chi connectivity index (χ2v) is 10.9. The molecule has 6 heteroatoms. The number of benzene rings is 3. The molecule has 0 aromatic heterocycles. The van der Waals surface area contributed by atoms with Gasteiger partial charge in [-0.2, -0.15) is 0 Å². The van der Waals surface area contributed by atoms with Crippen molar-refractivity contribution >= 4 is 27.7 Å². The smallest absolute Gasteiger partial charge is 0.261 e. The highest BCUT2D eigenvalue weighted by molar-refractivity contribution is 9.10. The Hall–Kier alpha value is -3.12. The molecule has 3 aromatic rings. The summed E-state index contributed by atoms with van der Waals surface area (Å²) >= 11 is 3.57. The number of hydrogen-bond acceptors (Lipinski definition) is 3. The molecule has 0 aliphatic rings. The maximum absolute atomic E-state index is 13.7. The van der Waals surface area contributed by atoms with Crippen LogP contribution in [0.5, 0.6) is 5.75 Å². The zero-order valence-electron chi connectivity index (χ0n) is 22.3. The predicted molar refractivity (Wildman–Crippen MR) is 153 cm³/mol. The van der Waals surface area contributed by atoms with E-state index in [-0.39, 0.29) is 24.5 Å². The first-order valence-electron chi connectivity index (χ1n) is 12.8. The first kappa shape index (κ1) is 28.5. The van der Waals surface area contributed by atoms with Crippen molar-refractivity contribution in [3.05, 3.63) is 99.5 Å². The van der Waals surface area contributed by atoms with Gasteiger partial charge in [0.05, 0.1) is 4.47 Å². The molecule has 0 aliphatic heterocycles. The topological polar surface area (TPSA) is 58.6 Å². The Bertz CT molecular complexity index is 1180. The van der Waals surface area contributed by atoms with Crippen LogP contribution in [0.3, 0.4) is 0 Å². The molecule has 1 N–H and O–H groups in total. The summed E-state index contributed by atoms with van der Waals surface area (Å²) < 4.78 is 6.76. The van der Waals surface area contributed by atoms with Gasteiger partial charge < -0.3 is 15.0 Å². The van der Waals surface area contributed by atoms with Gasteiger partial charge in [-0.3, -0.25) is 9.59 Å². The van der Waals surface area contributed by atoms with E-state index in [1.165, 1.54) is 5.56 Å². The van der Waals surface area contributed by atoms with Crippen molar-refractivity contribution in [1.29, 1.82) is 0 Å². The van der Waals surface area contributed by atoms with Gasteiger partial charge in [0.1, 0.15) is 11.8 Å². The van der Waals surface area contributed by atoms with Crippen molar-refractivity contribution in [3.63, 3.8) is 0 Å². The second kappa shape index (κ2) is 13.4. The highest BCUT2D eigenvalue weighted by atomic mass is 79.9. The minimum atomic E-state index is -0.686. The number of rotatable bonds is 11. The molecule has 0 bridgehead atoms. The van der Waals surface area contributed by atoms with E-state index in [0.717, 1.165) is 21.2 Å². The van der Waals surface area contributed by atoms with Crippen molar-refractivity contribution in [2.45, 2.75) is 65.6 Å². The summed E-state index contributed by atoms with van der Waals surface area (Å²) in [7, 11) is 0. The normalized spacial score (nSPS) is 11.9. The lowest BCUT2D eigenvalue weighted by Crippen LogP contribution is -2.52. The van der Waals surface area contributed by atoms with E-state index in [9.17, 15) is 9.59 Å². The monoisotopic (exact) mass is 564 g/mol. The summed E-state index contributed by atoms with van der Waals surface area (Å²) in [6, 6.07) is 23.0. The van der Waals surface area contributed by atoms with E-state index in [2.05, 4.69) is 35.1 Å². The summed E-state index contributed by atoms with van der Waals surface area (Å²) in [6.45, 7) is 10.3. The SMILES string of the molecule is Cc1ccc(CN(C(=O)COc2ccc(C(C)C)cc2Br)C(Cc2ccccc2)C(=O)NC(C)C)cc1. The lowest BCUT2D eigenvalue weighted by molar-refractivity contribution is -0.143. The van der Waals surface area contributed by atoms with Gasteiger partial charge in [-0.1, -0.05) is 80.1 Å². The molecule has 2 amide bonds. The Kier molecular flexibility index (Phi) is 10.3. The standard InChI is InChI=1S/C31H37BrN2O3/c1-21(2)26-15-16-29(27(32)18-26)37-20-30(35)34(19-25-13-11-23(5)12-14-25)28(31(36)33-22(3)4)17-24-9-7-6-8-10-24/h6-16,18,21-22,28H,17,19-20H2,1-5H3,(H,33,36). The van der Waals surface area contributed by atoms with E-state index in [4.69, 9.17) is 4.74 Å². The molecule has 0 fully saturated rings. The molecular weight excluding hydrogens is 528 g/mol. The Balaban J connectivity index is 1.90. The molecular formula is C31H37BrN2O3. The minimum absolute atomic E-state index is 0.0474. The van der Waals surface area contributed by atoms with Crippen LogP contribution in [0.15, 0.2) is 77.3 Å². The van der Waals surface area contributed by atoms with Crippen LogP contribution >= 0.6 is 15.9 Å². The molecule has 0 aliphatic carbocycles. The lowest BCUT2D eigenvalue weighted by atomic mass is 10.0. The van der Waals surface area contributed by atoms with Gasteiger partial charge in [0.2, 0.25) is 5.91 Å². The minimum Gasteiger partial charge on any atom is -0.483 e. The van der Waals surface area contributed by atoms with Gasteiger partial charge in [-0.25, -0.2) is 0 Å². The molecule has 0 heterocycles. The first-order valence-corrected chi connectivity index (χ1v) is 13.5. The number of ether oxygens (including phenoxy) is 1. The van der Waals surface area contributed by atoms with Crippen molar-refractivity contribution in [3.8, 4) is 5.75 Å². The Labute approximate surface area is 229 Å². The van der Waals surface area contributed by atoms with Crippen molar-refractivity contribution < 1.29 is 14.3 Å². The van der Waals surface area contributed by atoms with Crippen molar-refractivity contribution in [1.82, 2.24) is 10.2 Å². The van der Waals surface area contributed by atoms with E-state index < -0.39 is 6.04 Å². The van der Waals surface area contributed by atoms with E-state index in [1.807, 2.05) is 93.6 Å². The molecule has 0 saturated carbocycles. The van der Waals surface area contributed by atoms with Crippen LogP contribution < -0.4 is 10.1 Å². The number of aryl methyl sites for hydroxylation is 1. The quantitative estimate of drug-likeness (QED) is 0.292. The second-order valence-electron chi connectivity index (χ2n) is 10.0. The number of carbonyl (C=O) groups excluding carboxylic acids is 2. The van der Waals surface area contributed by atoms with E-state index in [1.54, 1.807) is 4.90 Å². The van der Waals surface area contributed by atoms with Gasteiger partial charge in [0.15, 0.2) is 6.61 Å². The fraction of sp³-hybridized carbons (Fsp3) is 0.355. The van der Waals surface area contributed by atoms with Gasteiger partial charge in [0.25, 0.3) is 5.91 Å². The summed E-state index contributed by atoms with van der Waals surface area (Å²) in [5.74, 6) is 0.552. The van der Waals surface area contributed by atoms with Gasteiger partial charge in [-0.15, -0.1) is 0 Å². The zero-order valence-corrected chi connectivity index (χ0v) is 23.9. The third-order valence-corrected chi connectivity index (χ3v) is 6.77. The summed E-state index contributed by atoms with van der Waals surface area (Å²) in [5.41, 5.74) is 4.26. The van der Waals surface area contributed by atoms with Gasteiger partial charge >= 0.3 is 0 Å². The van der Waals surface area contributed by atoms with Crippen LogP contribution in [-0.4, -0.2) is 35.4 Å². The fourth-order valence-corrected chi connectivity index (χ4v) is 4.55. The Morgan fingerprint density at radius 3 is 2.19 bits per heavy atom. The van der Waals surface area contributed by atoms with Crippen LogP contribution in [0.4, 0.5) is 0 Å². The number of amides is 2. The maximum atomic E-state index is 13.7. The molecule has 1 atom stereocenters. The molecule has 196 valence electrons. The molecule has 3 rings (SSSR count). The van der Waals surface area contributed by atoms with Crippen LogP contribution in [-0.2, 0) is 22.6 Å². The molecule has 0 saturated heterocycles. The Morgan fingerprint density at radius 1 is 0.919 bits per heavy atom. The van der Waals surface area contributed by atoms with Crippen molar-refractivity contribution in [2.24, 2.45) is 0 Å². The highest BCUT2D eigenvalue weighted by Gasteiger charge is 2.31. The van der Waals surface area contributed by atoms with Crippen LogP contribution in [0.2, 0.25) is 0 Å². The first-order chi connectivity index (χ1) is 17.6. The van der Waals surface area contributed by atoms with Crippen LogP contribution in [0, 0.1) is 6.92 Å². The molecule has 5 nitrogen and oxygen atoms in total. The third-order valence-electron chi connectivity index (χ3n) is 6.15. The number of hydrogen-bond donors (Lipinski definition) is 1. The van der Waals surface area contributed by atoms with Crippen molar-refractivity contribution in [2.75, 3.05) is 6.61 Å². The predicted octanol–water partition coefficient (Wildman–Crippen LogP) is 6.42. The van der Waals surface area contributed by atoms with E-state index in [0.29, 0.717) is 24.6 Å². The number of carbonyl (C=O) groups is 2. The number of halogens is 1. The average molecular weight is 566 g/mol. The fourth-order valence-electron chi connectivity index (χ4n) is 4.04. The average Bonchev–Trinajstić information content (AvgIpc) is 2.86. The molecule has 37 heavy (non-hydrogen) atoms. The van der Waals surface area contributed by atoms with E-state index >= 15 is 0 Å². The molecule has 3 aromatic carbocycles. The Morgan fingerprint density at radius 2 is 1.59 bits per heavy atom. The molecule has 0 radical (unpaired) electrons. The van der Waals surface area contributed by atoms with Crippen LogP contribution in [0.25, 0.3) is 0 Å². The molecule has 1 unspecified atom stereocenters. The van der Waals surface area contributed by atoms with Gasteiger partial charge in [0, 0.05) is 19.0 Å². The largest absolute Gasteiger partial charge is 0.483 e. The number of nitrogens with one attached hydrogen (secondary N) is 1. The lowest BCUT2D eigenvalue weighted by Gasteiger charge is -2.32. The highest BCUT2D eigenvalue weighted by Crippen LogP contribution is 2.29. The summed E-state index contributed by atoms with van der Waals surface area (Å²) in [6.07, 6.45) is 0.407. The van der Waals surface area contributed by atoms with Crippen LogP contribution in [0.1, 0.15) is 55.9 Å². The summed E-state index contributed by atoms with van der Waals surface area (Å²) in [5, 5.41) is 3.01. The van der Waals surface area contributed by atoms with Gasteiger partial charge in [-0.05, 0) is 71.4 Å². The number of nitrogens with zero attached hydrogens (tertiary/aromatic N) is 1. The zero-order chi connectivity index (χ0) is 26.9. The summed E-state index contributed by atoms with van der Waals surface area (Å²) in [4.78, 5) is 28.8. The third kappa shape index (κ3) is 8.46.